The molecule has 1 atom stereocenters. The third kappa shape index (κ3) is 2.83. The molecule has 1 aliphatic rings. The molecule has 1 aliphatic heterocycles. The van der Waals surface area contributed by atoms with E-state index in [1.807, 2.05) is 18.2 Å². The first-order valence-electron chi connectivity index (χ1n) is 6.05. The summed E-state index contributed by atoms with van der Waals surface area (Å²) in [6.07, 6.45) is 1.48. The first kappa shape index (κ1) is 14.6. The summed E-state index contributed by atoms with van der Waals surface area (Å²) in [4.78, 5) is 12.7. The second kappa shape index (κ2) is 5.11. The molecule has 0 fully saturated rings. The van der Waals surface area contributed by atoms with Crippen molar-refractivity contribution in [3.8, 4) is 0 Å². The minimum atomic E-state index is -3.19. The molecular weight excluding hydrogens is 376 g/mol. The highest BCUT2D eigenvalue weighted by molar-refractivity contribution is 9.10. The minimum absolute atomic E-state index is 0.102. The number of sulfone groups is 1. The van der Waals surface area contributed by atoms with Crippen molar-refractivity contribution >= 4 is 58.8 Å². The lowest BCUT2D eigenvalue weighted by Crippen LogP contribution is -2.35. The van der Waals surface area contributed by atoms with Crippen LogP contribution in [0.5, 0.6) is 0 Å². The smallest absolute Gasteiger partial charge is 0.264 e. The van der Waals surface area contributed by atoms with Crippen LogP contribution in [0.15, 0.2) is 34.2 Å². The standard InChI is InChI=1S/C13H11BrN2O3S2/c14-7-1-2-9-10(5-7)20-12(11(9)15)13(17)16-8-3-4-21(18,19)6-8/h1-5,8H,6,15H2,(H,16,17). The van der Waals surface area contributed by atoms with Gasteiger partial charge >= 0.3 is 0 Å². The Morgan fingerprint density at radius 2 is 2.19 bits per heavy atom. The number of nitrogens with two attached hydrogens (primary N) is 1. The quantitative estimate of drug-likeness (QED) is 0.828. The summed E-state index contributed by atoms with van der Waals surface area (Å²) in [5, 5.41) is 4.63. The molecule has 110 valence electrons. The molecular formula is C13H11BrN2O3S2. The van der Waals surface area contributed by atoms with Crippen molar-refractivity contribution in [1.82, 2.24) is 5.32 Å². The number of amides is 1. The van der Waals surface area contributed by atoms with Gasteiger partial charge in [-0.2, -0.15) is 0 Å². The van der Waals surface area contributed by atoms with Crippen LogP contribution in [0.3, 0.4) is 0 Å². The number of halogens is 1. The molecule has 1 aromatic carbocycles. The average molecular weight is 387 g/mol. The maximum Gasteiger partial charge on any atom is 0.264 e. The molecule has 1 unspecified atom stereocenters. The van der Waals surface area contributed by atoms with Crippen LogP contribution >= 0.6 is 27.3 Å². The number of benzene rings is 1. The average Bonchev–Trinajstić information content (AvgIpc) is 2.90. The number of rotatable bonds is 2. The van der Waals surface area contributed by atoms with E-state index in [0.29, 0.717) is 10.6 Å². The Labute approximate surface area is 133 Å². The van der Waals surface area contributed by atoms with E-state index in [9.17, 15) is 13.2 Å². The van der Waals surface area contributed by atoms with Gasteiger partial charge in [0, 0.05) is 20.0 Å². The van der Waals surface area contributed by atoms with Crippen LogP contribution in [0, 0.1) is 0 Å². The summed E-state index contributed by atoms with van der Waals surface area (Å²) in [5.41, 5.74) is 6.44. The van der Waals surface area contributed by atoms with Gasteiger partial charge in [0.1, 0.15) is 4.88 Å². The van der Waals surface area contributed by atoms with Crippen molar-refractivity contribution < 1.29 is 13.2 Å². The van der Waals surface area contributed by atoms with Crippen LogP contribution < -0.4 is 11.1 Å². The number of fused-ring (bicyclic) bond motifs is 1. The molecule has 0 saturated heterocycles. The number of nitrogen functional groups attached to an aromatic ring is 1. The molecule has 0 radical (unpaired) electrons. The number of hydrogen-bond acceptors (Lipinski definition) is 5. The molecule has 2 aromatic rings. The van der Waals surface area contributed by atoms with Crippen molar-refractivity contribution in [3.63, 3.8) is 0 Å². The summed E-state index contributed by atoms with van der Waals surface area (Å²) in [5.74, 6) is -0.452. The highest BCUT2D eigenvalue weighted by Crippen LogP contribution is 2.35. The predicted molar refractivity (Wildman–Crippen MR) is 88.1 cm³/mol. The Kier molecular flexibility index (Phi) is 3.54. The summed E-state index contributed by atoms with van der Waals surface area (Å²) in [6, 6.07) is 5.10. The molecule has 8 heteroatoms. The normalized spacial score (nSPS) is 20.0. The van der Waals surface area contributed by atoms with E-state index in [0.717, 1.165) is 20.0 Å². The van der Waals surface area contributed by atoms with Crippen molar-refractivity contribution in [2.45, 2.75) is 6.04 Å². The third-order valence-electron chi connectivity index (χ3n) is 3.14. The van der Waals surface area contributed by atoms with Gasteiger partial charge < -0.3 is 11.1 Å². The van der Waals surface area contributed by atoms with Gasteiger partial charge in [-0.3, -0.25) is 4.79 Å². The van der Waals surface area contributed by atoms with Crippen LogP contribution in [0.2, 0.25) is 0 Å². The van der Waals surface area contributed by atoms with E-state index < -0.39 is 15.9 Å². The fourth-order valence-corrected chi connectivity index (χ4v) is 4.97. The van der Waals surface area contributed by atoms with Gasteiger partial charge in [-0.15, -0.1) is 11.3 Å². The number of anilines is 1. The highest BCUT2D eigenvalue weighted by atomic mass is 79.9. The van der Waals surface area contributed by atoms with Crippen LogP contribution in [0.25, 0.3) is 10.1 Å². The van der Waals surface area contributed by atoms with E-state index in [1.54, 1.807) is 0 Å². The van der Waals surface area contributed by atoms with Gasteiger partial charge in [0.05, 0.1) is 17.5 Å². The van der Waals surface area contributed by atoms with Gasteiger partial charge in [0.25, 0.3) is 5.91 Å². The topological polar surface area (TPSA) is 89.3 Å². The Morgan fingerprint density at radius 1 is 1.43 bits per heavy atom. The first-order valence-corrected chi connectivity index (χ1v) is 9.37. The number of hydrogen-bond donors (Lipinski definition) is 2. The summed E-state index contributed by atoms with van der Waals surface area (Å²) in [6.45, 7) is 0. The highest BCUT2D eigenvalue weighted by Gasteiger charge is 2.25. The molecule has 3 N–H and O–H groups in total. The summed E-state index contributed by atoms with van der Waals surface area (Å²) >= 11 is 4.67. The lowest BCUT2D eigenvalue weighted by atomic mass is 10.2. The van der Waals surface area contributed by atoms with Gasteiger partial charge in [-0.25, -0.2) is 8.42 Å². The van der Waals surface area contributed by atoms with E-state index in [4.69, 9.17) is 5.73 Å². The molecule has 0 bridgehead atoms. The molecule has 2 heterocycles. The van der Waals surface area contributed by atoms with Crippen LogP contribution in [0.1, 0.15) is 9.67 Å². The van der Waals surface area contributed by atoms with Crippen molar-refractivity contribution in [1.29, 1.82) is 0 Å². The first-order chi connectivity index (χ1) is 9.85. The van der Waals surface area contributed by atoms with Crippen molar-refractivity contribution in [2.24, 2.45) is 0 Å². The van der Waals surface area contributed by atoms with E-state index in [1.165, 1.54) is 17.4 Å². The predicted octanol–water partition coefficient (Wildman–Crippen LogP) is 2.29. The number of nitrogens with one attached hydrogen (secondary N) is 1. The molecule has 5 nitrogen and oxygen atoms in total. The molecule has 3 rings (SSSR count). The van der Waals surface area contributed by atoms with Crippen molar-refractivity contribution in [3.05, 3.63) is 39.0 Å². The number of thiophene rings is 1. The Balaban J connectivity index is 1.89. The van der Waals surface area contributed by atoms with Crippen molar-refractivity contribution in [2.75, 3.05) is 11.5 Å². The second-order valence-corrected chi connectivity index (χ2v) is 8.62. The Bertz CT molecular complexity index is 871. The zero-order valence-corrected chi connectivity index (χ0v) is 13.9. The Hall–Kier alpha value is -1.38. The van der Waals surface area contributed by atoms with Gasteiger partial charge in [-0.05, 0) is 18.2 Å². The molecule has 21 heavy (non-hydrogen) atoms. The zero-order chi connectivity index (χ0) is 15.2. The monoisotopic (exact) mass is 386 g/mol. The Morgan fingerprint density at radius 3 is 2.86 bits per heavy atom. The van der Waals surface area contributed by atoms with Crippen LogP contribution in [-0.2, 0) is 9.84 Å². The fraction of sp³-hybridized carbons (Fsp3) is 0.154. The number of carbonyl (C=O) groups is 1. The molecule has 0 spiro atoms. The SMILES string of the molecule is Nc1c(C(=O)NC2C=CS(=O)(=O)C2)sc2cc(Br)ccc12. The largest absolute Gasteiger partial charge is 0.397 e. The molecule has 0 saturated carbocycles. The van der Waals surface area contributed by atoms with Gasteiger partial charge in [-0.1, -0.05) is 22.0 Å². The third-order valence-corrected chi connectivity index (χ3v) is 6.20. The zero-order valence-electron chi connectivity index (χ0n) is 10.7. The summed E-state index contributed by atoms with van der Waals surface area (Å²) in [7, 11) is -3.19. The molecule has 0 aliphatic carbocycles. The van der Waals surface area contributed by atoms with E-state index in [-0.39, 0.29) is 11.7 Å². The van der Waals surface area contributed by atoms with E-state index in [2.05, 4.69) is 21.2 Å². The maximum atomic E-state index is 12.3. The second-order valence-electron chi connectivity index (χ2n) is 4.72. The minimum Gasteiger partial charge on any atom is -0.397 e. The number of carbonyl (C=O) groups excluding carboxylic acids is 1. The lowest BCUT2D eigenvalue weighted by Gasteiger charge is -2.09. The molecule has 1 aromatic heterocycles. The molecule has 1 amide bonds. The van der Waals surface area contributed by atoms with E-state index >= 15 is 0 Å². The van der Waals surface area contributed by atoms with Gasteiger partial charge in [0.2, 0.25) is 0 Å². The maximum absolute atomic E-state index is 12.3. The fourth-order valence-electron chi connectivity index (χ4n) is 2.16. The van der Waals surface area contributed by atoms with Crippen LogP contribution in [-0.4, -0.2) is 26.1 Å². The van der Waals surface area contributed by atoms with Gasteiger partial charge in [0.15, 0.2) is 9.84 Å². The van der Waals surface area contributed by atoms with Crippen LogP contribution in [0.4, 0.5) is 5.69 Å². The lowest BCUT2D eigenvalue weighted by molar-refractivity contribution is 0.0952. The summed E-state index contributed by atoms with van der Waals surface area (Å²) < 4.78 is 24.5.